The molecule has 4 nitrogen and oxygen atoms in total. The van der Waals surface area contributed by atoms with Gasteiger partial charge in [0.05, 0.1) is 6.33 Å². The van der Waals surface area contributed by atoms with E-state index in [1.54, 1.807) is 6.33 Å². The topological polar surface area (TPSA) is 57.9 Å². The molecule has 1 aromatic rings. The van der Waals surface area contributed by atoms with Gasteiger partial charge in [-0.15, -0.1) is 0 Å². The molecule has 0 radical (unpaired) electrons. The van der Waals surface area contributed by atoms with Crippen molar-refractivity contribution in [1.82, 2.24) is 14.9 Å². The van der Waals surface area contributed by atoms with Crippen molar-refractivity contribution >= 4 is 0 Å². The van der Waals surface area contributed by atoms with Crippen molar-refractivity contribution in [2.75, 3.05) is 13.1 Å². The van der Waals surface area contributed by atoms with Crippen LogP contribution in [0, 0.1) is 5.92 Å². The predicted molar refractivity (Wildman–Crippen MR) is 55.6 cm³/mol. The Bertz CT molecular complexity index is 260. The summed E-state index contributed by atoms with van der Waals surface area (Å²) < 4.78 is 0. The molecule has 0 spiro atoms. The van der Waals surface area contributed by atoms with Crippen LogP contribution in [0.3, 0.4) is 0 Å². The summed E-state index contributed by atoms with van der Waals surface area (Å²) >= 11 is 0. The molecule has 0 saturated carbocycles. The zero-order valence-corrected chi connectivity index (χ0v) is 8.61. The number of H-pyrrole nitrogens is 1. The van der Waals surface area contributed by atoms with E-state index in [-0.39, 0.29) is 0 Å². The zero-order chi connectivity index (χ0) is 9.97. The molecule has 0 bridgehead atoms. The first-order valence-corrected chi connectivity index (χ1v) is 5.19. The molecule has 2 rings (SSSR count). The Morgan fingerprint density at radius 1 is 1.64 bits per heavy atom. The van der Waals surface area contributed by atoms with Crippen LogP contribution in [0.5, 0.6) is 0 Å². The number of nitrogens with two attached hydrogens (primary N) is 1. The molecule has 14 heavy (non-hydrogen) atoms. The van der Waals surface area contributed by atoms with Gasteiger partial charge in [-0.3, -0.25) is 4.90 Å². The molecule has 2 unspecified atom stereocenters. The number of imidazole rings is 1. The number of piperidine rings is 1. The Kier molecular flexibility index (Phi) is 2.84. The summed E-state index contributed by atoms with van der Waals surface area (Å²) in [6.45, 7) is 5.35. The summed E-state index contributed by atoms with van der Waals surface area (Å²) in [5, 5.41) is 0. The van der Waals surface area contributed by atoms with Gasteiger partial charge >= 0.3 is 0 Å². The Labute approximate surface area is 84.5 Å². The van der Waals surface area contributed by atoms with Gasteiger partial charge < -0.3 is 10.7 Å². The van der Waals surface area contributed by atoms with E-state index in [9.17, 15) is 0 Å². The minimum Gasteiger partial charge on any atom is -0.347 e. The summed E-state index contributed by atoms with van der Waals surface area (Å²) in [7, 11) is 0. The van der Waals surface area contributed by atoms with E-state index in [0.717, 1.165) is 26.1 Å². The Balaban J connectivity index is 1.91. The van der Waals surface area contributed by atoms with E-state index in [1.165, 1.54) is 5.69 Å². The van der Waals surface area contributed by atoms with Crippen LogP contribution in [0.4, 0.5) is 0 Å². The molecule has 1 fully saturated rings. The van der Waals surface area contributed by atoms with Crippen LogP contribution in [-0.4, -0.2) is 34.0 Å². The second-order valence-corrected chi connectivity index (χ2v) is 4.37. The van der Waals surface area contributed by atoms with E-state index in [2.05, 4.69) is 21.8 Å². The van der Waals surface area contributed by atoms with Crippen LogP contribution >= 0.6 is 0 Å². The van der Waals surface area contributed by atoms with Gasteiger partial charge in [0, 0.05) is 37.6 Å². The molecular weight excluding hydrogens is 176 g/mol. The monoisotopic (exact) mass is 194 g/mol. The Morgan fingerprint density at radius 2 is 2.50 bits per heavy atom. The van der Waals surface area contributed by atoms with Crippen molar-refractivity contribution in [3.8, 4) is 0 Å². The molecule has 2 atom stereocenters. The van der Waals surface area contributed by atoms with Crippen LogP contribution in [0.25, 0.3) is 0 Å². The summed E-state index contributed by atoms with van der Waals surface area (Å²) in [4.78, 5) is 9.53. The van der Waals surface area contributed by atoms with Crippen molar-refractivity contribution in [1.29, 1.82) is 0 Å². The molecular formula is C10H18N4. The molecule has 0 aromatic carbocycles. The maximum atomic E-state index is 5.98. The lowest BCUT2D eigenvalue weighted by molar-refractivity contribution is 0.157. The number of nitrogens with one attached hydrogen (secondary N) is 1. The first kappa shape index (κ1) is 9.68. The van der Waals surface area contributed by atoms with Gasteiger partial charge in [-0.2, -0.15) is 0 Å². The number of aromatic nitrogens is 2. The summed E-state index contributed by atoms with van der Waals surface area (Å²) in [6.07, 6.45) is 4.76. The first-order valence-electron chi connectivity index (χ1n) is 5.19. The van der Waals surface area contributed by atoms with Crippen LogP contribution in [-0.2, 0) is 6.54 Å². The summed E-state index contributed by atoms with van der Waals surface area (Å²) in [5.41, 5.74) is 7.15. The van der Waals surface area contributed by atoms with Crippen molar-refractivity contribution in [3.63, 3.8) is 0 Å². The molecule has 1 aliphatic rings. The molecule has 0 aliphatic carbocycles. The second kappa shape index (κ2) is 4.11. The molecule has 1 saturated heterocycles. The lowest BCUT2D eigenvalue weighted by atomic mass is 9.96. The largest absolute Gasteiger partial charge is 0.347 e. The van der Waals surface area contributed by atoms with Gasteiger partial charge in [0.1, 0.15) is 0 Å². The number of rotatable bonds is 2. The highest BCUT2D eigenvalue weighted by Crippen LogP contribution is 2.16. The molecule has 0 amide bonds. The van der Waals surface area contributed by atoms with E-state index in [1.807, 2.05) is 6.20 Å². The fraction of sp³-hybridized carbons (Fsp3) is 0.700. The molecule has 3 N–H and O–H groups in total. The molecule has 1 aliphatic heterocycles. The fourth-order valence-corrected chi connectivity index (χ4v) is 2.25. The summed E-state index contributed by atoms with van der Waals surface area (Å²) in [6, 6.07) is 0.335. The maximum Gasteiger partial charge on any atom is 0.0922 e. The number of hydrogen-bond donors (Lipinski definition) is 2. The third kappa shape index (κ3) is 2.33. The van der Waals surface area contributed by atoms with Gasteiger partial charge in [-0.1, -0.05) is 6.92 Å². The number of likely N-dealkylation sites (tertiary alicyclic amines) is 1. The van der Waals surface area contributed by atoms with Crippen LogP contribution in [0.2, 0.25) is 0 Å². The number of nitrogens with zero attached hydrogens (tertiary/aromatic N) is 2. The van der Waals surface area contributed by atoms with E-state index in [0.29, 0.717) is 12.0 Å². The van der Waals surface area contributed by atoms with E-state index >= 15 is 0 Å². The minimum absolute atomic E-state index is 0.335. The van der Waals surface area contributed by atoms with Gasteiger partial charge in [-0.25, -0.2) is 4.98 Å². The first-order chi connectivity index (χ1) is 6.74. The maximum absolute atomic E-state index is 5.98. The minimum atomic E-state index is 0.335. The Hall–Kier alpha value is -0.870. The lowest BCUT2D eigenvalue weighted by Gasteiger charge is -2.34. The summed E-state index contributed by atoms with van der Waals surface area (Å²) in [5.74, 6) is 0.710. The molecule has 78 valence electrons. The lowest BCUT2D eigenvalue weighted by Crippen LogP contribution is -2.45. The SMILES string of the molecule is CC1CC(N)CN(Cc2cnc[nH]2)C1. The highest BCUT2D eigenvalue weighted by atomic mass is 15.2. The van der Waals surface area contributed by atoms with Crippen molar-refractivity contribution in [2.45, 2.75) is 25.9 Å². The Morgan fingerprint density at radius 3 is 3.14 bits per heavy atom. The highest BCUT2D eigenvalue weighted by Gasteiger charge is 2.22. The zero-order valence-electron chi connectivity index (χ0n) is 8.61. The van der Waals surface area contributed by atoms with Gasteiger partial charge in [-0.05, 0) is 12.3 Å². The third-order valence-electron chi connectivity index (χ3n) is 2.72. The molecule has 4 heteroatoms. The van der Waals surface area contributed by atoms with Crippen LogP contribution in [0.15, 0.2) is 12.5 Å². The second-order valence-electron chi connectivity index (χ2n) is 4.37. The quantitative estimate of drug-likeness (QED) is 0.724. The predicted octanol–water partition coefficient (Wildman–Crippen LogP) is 0.579. The van der Waals surface area contributed by atoms with Crippen molar-refractivity contribution < 1.29 is 0 Å². The van der Waals surface area contributed by atoms with Crippen LogP contribution in [0.1, 0.15) is 19.0 Å². The normalized spacial score (nSPS) is 29.3. The highest BCUT2D eigenvalue weighted by molar-refractivity contribution is 4.95. The average molecular weight is 194 g/mol. The van der Waals surface area contributed by atoms with E-state index < -0.39 is 0 Å². The van der Waals surface area contributed by atoms with Crippen LogP contribution < -0.4 is 5.73 Å². The number of hydrogen-bond acceptors (Lipinski definition) is 3. The standard InChI is InChI=1S/C10H18N4/c1-8-2-9(11)5-14(4-8)6-10-3-12-7-13-10/h3,7-9H,2,4-6,11H2,1H3,(H,12,13). The molecule has 1 aromatic heterocycles. The van der Waals surface area contributed by atoms with Crippen molar-refractivity contribution in [2.24, 2.45) is 11.7 Å². The van der Waals surface area contributed by atoms with Crippen molar-refractivity contribution in [3.05, 3.63) is 18.2 Å². The molecule has 2 heterocycles. The fourth-order valence-electron chi connectivity index (χ4n) is 2.25. The van der Waals surface area contributed by atoms with Gasteiger partial charge in [0.2, 0.25) is 0 Å². The number of aromatic amines is 1. The smallest absolute Gasteiger partial charge is 0.0922 e. The van der Waals surface area contributed by atoms with E-state index in [4.69, 9.17) is 5.73 Å². The third-order valence-corrected chi connectivity index (χ3v) is 2.72. The van der Waals surface area contributed by atoms with Gasteiger partial charge in [0.25, 0.3) is 0 Å². The average Bonchev–Trinajstić information content (AvgIpc) is 2.54. The van der Waals surface area contributed by atoms with Gasteiger partial charge in [0.15, 0.2) is 0 Å².